The molecule has 192 valence electrons. The highest BCUT2D eigenvalue weighted by Gasteiger charge is 2.08. The van der Waals surface area contributed by atoms with E-state index < -0.39 is 0 Å². The Morgan fingerprint density at radius 3 is 1.28 bits per heavy atom. The second-order valence-electron chi connectivity index (χ2n) is 9.93. The SMILES string of the molecule is CCCCCCCCCCCCC(CCCCCCCCCCCC)NCCOC(C)=O. The number of unbranched alkanes of at least 4 members (excludes halogenated alkanes) is 18. The van der Waals surface area contributed by atoms with Crippen molar-refractivity contribution in [2.45, 2.75) is 168 Å². The molecule has 0 aromatic rings. The number of rotatable bonds is 26. The van der Waals surface area contributed by atoms with Gasteiger partial charge in [-0.2, -0.15) is 0 Å². The van der Waals surface area contributed by atoms with Crippen LogP contribution in [0.2, 0.25) is 0 Å². The third-order valence-corrected chi connectivity index (χ3v) is 6.65. The second-order valence-corrected chi connectivity index (χ2v) is 9.93. The van der Waals surface area contributed by atoms with E-state index in [-0.39, 0.29) is 5.97 Å². The monoisotopic (exact) mass is 453 g/mol. The summed E-state index contributed by atoms with van der Waals surface area (Å²) in [6.45, 7) is 7.36. The first-order valence-corrected chi connectivity index (χ1v) is 14.6. The van der Waals surface area contributed by atoms with E-state index in [1.165, 1.54) is 148 Å². The molecule has 3 nitrogen and oxygen atoms in total. The van der Waals surface area contributed by atoms with Gasteiger partial charge in [0.05, 0.1) is 0 Å². The maximum absolute atomic E-state index is 11.0. The molecule has 0 amide bonds. The number of nitrogens with one attached hydrogen (secondary N) is 1. The van der Waals surface area contributed by atoms with E-state index in [4.69, 9.17) is 4.74 Å². The Hall–Kier alpha value is -0.570. The Labute approximate surface area is 202 Å². The maximum Gasteiger partial charge on any atom is 0.302 e. The van der Waals surface area contributed by atoms with Gasteiger partial charge in [-0.25, -0.2) is 0 Å². The standard InChI is InChI=1S/C29H59NO2/c1-4-6-8-10-12-14-16-18-20-22-24-29(30-26-27-32-28(3)31)25-23-21-19-17-15-13-11-9-7-5-2/h29-30H,4-27H2,1-3H3. The first-order chi connectivity index (χ1) is 15.7. The average Bonchev–Trinajstić information content (AvgIpc) is 2.78. The van der Waals surface area contributed by atoms with Crippen LogP contribution < -0.4 is 5.32 Å². The predicted molar refractivity (Wildman–Crippen MR) is 141 cm³/mol. The van der Waals surface area contributed by atoms with E-state index in [0.29, 0.717) is 12.6 Å². The molecule has 0 saturated carbocycles. The third kappa shape index (κ3) is 25.7. The highest BCUT2D eigenvalue weighted by molar-refractivity contribution is 5.65. The van der Waals surface area contributed by atoms with Gasteiger partial charge in [-0.3, -0.25) is 4.79 Å². The van der Waals surface area contributed by atoms with Crippen molar-refractivity contribution in [2.24, 2.45) is 0 Å². The number of ether oxygens (including phenoxy) is 1. The topological polar surface area (TPSA) is 38.3 Å². The molecule has 0 bridgehead atoms. The number of esters is 1. The Morgan fingerprint density at radius 1 is 0.594 bits per heavy atom. The largest absolute Gasteiger partial charge is 0.465 e. The summed E-state index contributed by atoms with van der Waals surface area (Å²) in [6, 6.07) is 0.591. The van der Waals surface area contributed by atoms with Crippen LogP contribution in [0.15, 0.2) is 0 Å². The van der Waals surface area contributed by atoms with Crippen molar-refractivity contribution < 1.29 is 9.53 Å². The quantitative estimate of drug-likeness (QED) is 0.105. The number of carbonyl (C=O) groups is 1. The molecule has 0 radical (unpaired) electrons. The van der Waals surface area contributed by atoms with Crippen LogP contribution >= 0.6 is 0 Å². The van der Waals surface area contributed by atoms with E-state index in [0.717, 1.165) is 6.54 Å². The van der Waals surface area contributed by atoms with Crippen molar-refractivity contribution >= 4 is 5.97 Å². The van der Waals surface area contributed by atoms with Crippen molar-refractivity contribution in [1.29, 1.82) is 0 Å². The molecule has 0 fully saturated rings. The third-order valence-electron chi connectivity index (χ3n) is 6.65. The van der Waals surface area contributed by atoms with E-state index in [1.54, 1.807) is 0 Å². The zero-order chi connectivity index (χ0) is 23.5. The van der Waals surface area contributed by atoms with Crippen LogP contribution in [0.3, 0.4) is 0 Å². The van der Waals surface area contributed by atoms with Crippen LogP contribution in [0.25, 0.3) is 0 Å². The fraction of sp³-hybridized carbons (Fsp3) is 0.966. The average molecular weight is 454 g/mol. The predicted octanol–water partition coefficient (Wildman–Crippen LogP) is 9.13. The molecule has 0 atom stereocenters. The van der Waals surface area contributed by atoms with Crippen LogP contribution in [0.4, 0.5) is 0 Å². The van der Waals surface area contributed by atoms with Gasteiger partial charge in [-0.05, 0) is 12.8 Å². The lowest BCUT2D eigenvalue weighted by atomic mass is 9.99. The summed E-state index contributed by atoms with van der Waals surface area (Å²) in [4.78, 5) is 11.0. The lowest BCUT2D eigenvalue weighted by Crippen LogP contribution is -2.32. The molecule has 0 aromatic carbocycles. The Kier molecular flexibility index (Phi) is 26.2. The summed E-state index contributed by atoms with van der Waals surface area (Å²) in [5, 5.41) is 3.66. The Balaban J connectivity index is 3.77. The van der Waals surface area contributed by atoms with Gasteiger partial charge < -0.3 is 10.1 Å². The molecule has 0 unspecified atom stereocenters. The smallest absolute Gasteiger partial charge is 0.302 e. The number of hydrogen-bond acceptors (Lipinski definition) is 3. The first-order valence-electron chi connectivity index (χ1n) is 14.6. The van der Waals surface area contributed by atoms with E-state index in [1.807, 2.05) is 0 Å². The molecule has 32 heavy (non-hydrogen) atoms. The molecule has 0 aliphatic rings. The van der Waals surface area contributed by atoms with E-state index in [2.05, 4.69) is 19.2 Å². The van der Waals surface area contributed by atoms with Crippen LogP contribution in [-0.4, -0.2) is 25.2 Å². The van der Waals surface area contributed by atoms with Crippen molar-refractivity contribution in [1.82, 2.24) is 5.32 Å². The molecule has 0 heterocycles. The highest BCUT2D eigenvalue weighted by Crippen LogP contribution is 2.16. The number of hydrogen-bond donors (Lipinski definition) is 1. The molecular weight excluding hydrogens is 394 g/mol. The minimum absolute atomic E-state index is 0.173. The molecule has 0 spiro atoms. The van der Waals surface area contributed by atoms with E-state index in [9.17, 15) is 4.79 Å². The van der Waals surface area contributed by atoms with Gasteiger partial charge >= 0.3 is 5.97 Å². The molecule has 0 rings (SSSR count). The minimum atomic E-state index is -0.173. The molecule has 0 aliphatic heterocycles. The van der Waals surface area contributed by atoms with Crippen LogP contribution in [-0.2, 0) is 9.53 Å². The summed E-state index contributed by atoms with van der Waals surface area (Å²) in [7, 11) is 0. The van der Waals surface area contributed by atoms with Gasteiger partial charge in [0.1, 0.15) is 6.61 Å². The first kappa shape index (κ1) is 31.4. The van der Waals surface area contributed by atoms with Gasteiger partial charge in [0.15, 0.2) is 0 Å². The van der Waals surface area contributed by atoms with Crippen molar-refractivity contribution in [3.8, 4) is 0 Å². The summed E-state index contributed by atoms with van der Waals surface area (Å²) in [5.41, 5.74) is 0. The van der Waals surface area contributed by atoms with Gasteiger partial charge in [-0.15, -0.1) is 0 Å². The molecule has 3 heteroatoms. The second kappa shape index (κ2) is 26.7. The lowest BCUT2D eigenvalue weighted by Gasteiger charge is -2.19. The molecule has 0 aromatic heterocycles. The number of carbonyl (C=O) groups excluding carboxylic acids is 1. The van der Waals surface area contributed by atoms with Gasteiger partial charge in [0, 0.05) is 19.5 Å². The summed E-state index contributed by atoms with van der Waals surface area (Å²) >= 11 is 0. The zero-order valence-corrected chi connectivity index (χ0v) is 22.4. The summed E-state index contributed by atoms with van der Waals surface area (Å²) in [6.07, 6.45) is 30.5. The fourth-order valence-corrected chi connectivity index (χ4v) is 4.56. The van der Waals surface area contributed by atoms with Crippen molar-refractivity contribution in [3.63, 3.8) is 0 Å². The molecule has 0 saturated heterocycles. The van der Waals surface area contributed by atoms with Gasteiger partial charge in [0.2, 0.25) is 0 Å². The van der Waals surface area contributed by atoms with Gasteiger partial charge in [0.25, 0.3) is 0 Å². The van der Waals surface area contributed by atoms with Crippen LogP contribution in [0.5, 0.6) is 0 Å². The minimum Gasteiger partial charge on any atom is -0.465 e. The molecule has 1 N–H and O–H groups in total. The van der Waals surface area contributed by atoms with Crippen LogP contribution in [0.1, 0.15) is 162 Å². The Morgan fingerprint density at radius 2 is 0.938 bits per heavy atom. The highest BCUT2D eigenvalue weighted by atomic mass is 16.5. The zero-order valence-electron chi connectivity index (χ0n) is 22.4. The van der Waals surface area contributed by atoms with E-state index >= 15 is 0 Å². The summed E-state index contributed by atoms with van der Waals surface area (Å²) in [5.74, 6) is -0.173. The van der Waals surface area contributed by atoms with Crippen molar-refractivity contribution in [3.05, 3.63) is 0 Å². The summed E-state index contributed by atoms with van der Waals surface area (Å²) < 4.78 is 5.10. The van der Waals surface area contributed by atoms with Crippen molar-refractivity contribution in [2.75, 3.05) is 13.2 Å². The molecule has 0 aliphatic carbocycles. The fourth-order valence-electron chi connectivity index (χ4n) is 4.56. The Bertz CT molecular complexity index is 348. The van der Waals surface area contributed by atoms with Crippen LogP contribution in [0, 0.1) is 0 Å². The molecular formula is C29H59NO2. The lowest BCUT2D eigenvalue weighted by molar-refractivity contribution is -0.140. The van der Waals surface area contributed by atoms with Gasteiger partial charge in [-0.1, -0.05) is 142 Å². The normalized spacial score (nSPS) is 11.4. The maximum atomic E-state index is 11.0.